The molecule has 0 bridgehead atoms. The number of aromatic amines is 1. The fraction of sp³-hybridized carbons (Fsp3) is 0.286. The second-order valence-electron chi connectivity index (χ2n) is 7.13. The number of anilines is 1. The molecule has 3 aromatic rings. The van der Waals surface area contributed by atoms with Gasteiger partial charge in [-0.15, -0.1) is 0 Å². The minimum Gasteiger partial charge on any atom is -0.767 e. The van der Waals surface area contributed by atoms with Crippen LogP contribution in [0.25, 0.3) is 22.0 Å². The summed E-state index contributed by atoms with van der Waals surface area (Å²) in [7, 11) is 1.31. The van der Waals surface area contributed by atoms with Crippen LogP contribution in [0.3, 0.4) is 0 Å². The molecule has 0 aliphatic carbocycles. The summed E-state index contributed by atoms with van der Waals surface area (Å²) in [4.78, 5) is 11.9. The van der Waals surface area contributed by atoms with E-state index < -0.39 is 5.97 Å². The fourth-order valence-corrected chi connectivity index (χ4v) is 3.62. The minimum absolute atomic E-state index is 0.171. The highest BCUT2D eigenvalue weighted by atomic mass is 16.5. The molecule has 0 amide bonds. The summed E-state index contributed by atoms with van der Waals surface area (Å²) in [6.45, 7) is 1.54. The molecule has 30 heavy (non-hydrogen) atoms. The van der Waals surface area contributed by atoms with Crippen LogP contribution in [0.1, 0.15) is 28.8 Å². The van der Waals surface area contributed by atoms with Crippen LogP contribution in [0.4, 0.5) is 5.82 Å². The Hall–Kier alpha value is -3.45. The van der Waals surface area contributed by atoms with Crippen LogP contribution >= 0.6 is 0 Å². The Morgan fingerprint density at radius 3 is 2.97 bits per heavy atom. The van der Waals surface area contributed by atoms with Crippen molar-refractivity contribution < 1.29 is 9.53 Å². The van der Waals surface area contributed by atoms with Gasteiger partial charge in [0, 0.05) is 23.5 Å². The van der Waals surface area contributed by atoms with Crippen LogP contribution in [0.15, 0.2) is 36.4 Å². The summed E-state index contributed by atoms with van der Waals surface area (Å²) in [6.07, 6.45) is 1.76. The van der Waals surface area contributed by atoms with Gasteiger partial charge in [0.2, 0.25) is 0 Å². The van der Waals surface area contributed by atoms with E-state index in [4.69, 9.17) is 4.74 Å². The molecular formula is C21H21N6O3-. The van der Waals surface area contributed by atoms with E-state index in [1.165, 1.54) is 7.11 Å². The number of nitrogens with zero attached hydrogens (tertiary/aromatic N) is 3. The van der Waals surface area contributed by atoms with Crippen LogP contribution in [0.2, 0.25) is 0 Å². The Labute approximate surface area is 173 Å². The lowest BCUT2D eigenvalue weighted by atomic mass is 9.97. The number of hydroxylamine groups is 1. The number of piperidine rings is 1. The zero-order valence-electron chi connectivity index (χ0n) is 16.4. The molecule has 1 fully saturated rings. The van der Waals surface area contributed by atoms with Gasteiger partial charge < -0.3 is 20.7 Å². The first-order valence-corrected chi connectivity index (χ1v) is 9.65. The van der Waals surface area contributed by atoms with Crippen LogP contribution in [0.5, 0.6) is 0 Å². The number of carbonyl (C=O) groups excluding carboxylic acids is 1. The van der Waals surface area contributed by atoms with Gasteiger partial charge in [-0.3, -0.25) is 10.3 Å². The number of esters is 1. The highest BCUT2D eigenvalue weighted by Crippen LogP contribution is 2.31. The van der Waals surface area contributed by atoms with Crippen LogP contribution in [0, 0.1) is 16.5 Å². The van der Waals surface area contributed by atoms with Crippen molar-refractivity contribution in [1.29, 1.82) is 5.26 Å². The molecule has 0 saturated carbocycles. The molecule has 0 spiro atoms. The average molecular weight is 405 g/mol. The number of aromatic nitrogens is 2. The summed E-state index contributed by atoms with van der Waals surface area (Å²) in [5, 5.41) is 33.9. The van der Waals surface area contributed by atoms with Crippen molar-refractivity contribution >= 4 is 22.7 Å². The lowest BCUT2D eigenvalue weighted by molar-refractivity contribution is 0.0601. The first-order chi connectivity index (χ1) is 14.6. The zero-order valence-corrected chi connectivity index (χ0v) is 16.4. The molecule has 9 heteroatoms. The highest BCUT2D eigenvalue weighted by Gasteiger charge is 2.17. The van der Waals surface area contributed by atoms with Gasteiger partial charge in [0.15, 0.2) is 5.82 Å². The summed E-state index contributed by atoms with van der Waals surface area (Å²) in [6, 6.07) is 12.3. The van der Waals surface area contributed by atoms with Gasteiger partial charge in [-0.1, -0.05) is 6.07 Å². The van der Waals surface area contributed by atoms with E-state index in [-0.39, 0.29) is 6.04 Å². The first kappa shape index (κ1) is 19.8. The Morgan fingerprint density at radius 2 is 2.23 bits per heavy atom. The summed E-state index contributed by atoms with van der Waals surface area (Å²) < 4.78 is 4.79. The van der Waals surface area contributed by atoms with E-state index in [0.29, 0.717) is 34.4 Å². The third-order valence-electron chi connectivity index (χ3n) is 5.25. The van der Waals surface area contributed by atoms with Crippen LogP contribution in [-0.4, -0.2) is 47.6 Å². The highest BCUT2D eigenvalue weighted by molar-refractivity contribution is 5.95. The molecule has 9 nitrogen and oxygen atoms in total. The fourth-order valence-electron chi connectivity index (χ4n) is 3.62. The van der Waals surface area contributed by atoms with E-state index in [2.05, 4.69) is 27.0 Å². The standard InChI is InChI=1S/C21H21N6O3/c1-30-21(28)14-4-5-15(11-22)17(10-14)13-6-7-19-18(9-13)20(25-24-19)26-27(29)16-3-2-8-23-12-16/h4-7,9-10,16,23H,2-3,8,12H2,1H3,(H2,24,25,26)/q-1/t16-/m1/s1. The largest absolute Gasteiger partial charge is 0.767 e. The predicted molar refractivity (Wildman–Crippen MR) is 112 cm³/mol. The molecule has 1 atom stereocenters. The molecule has 2 aromatic carbocycles. The molecule has 3 N–H and O–H groups in total. The average Bonchev–Trinajstić information content (AvgIpc) is 3.20. The topological polar surface area (TPSA) is 129 Å². The quantitative estimate of drug-likeness (QED) is 0.436. The number of carbonyl (C=O) groups is 1. The SMILES string of the molecule is COC(=O)c1ccc(C#N)c(-c2ccc3[nH]nc(NN([O-])[C@@H]4CCCNC4)c3c2)c1. The number of H-pyrrole nitrogens is 1. The van der Waals surface area contributed by atoms with Crippen molar-refractivity contribution in [2.24, 2.45) is 0 Å². The number of methoxy groups -OCH3 is 1. The Morgan fingerprint density at radius 1 is 1.37 bits per heavy atom. The maximum Gasteiger partial charge on any atom is 0.337 e. The van der Waals surface area contributed by atoms with Gasteiger partial charge in [0.05, 0.1) is 29.8 Å². The molecule has 154 valence electrons. The predicted octanol–water partition coefficient (Wildman–Crippen LogP) is 2.77. The Balaban J connectivity index is 1.69. The number of hydrogen-bond acceptors (Lipinski definition) is 8. The molecule has 1 saturated heterocycles. The van der Waals surface area contributed by atoms with Gasteiger partial charge in [0.1, 0.15) is 0 Å². The maximum atomic E-state index is 12.5. The van der Waals surface area contributed by atoms with E-state index in [0.717, 1.165) is 35.6 Å². The van der Waals surface area contributed by atoms with Crippen LogP contribution in [-0.2, 0) is 4.74 Å². The monoisotopic (exact) mass is 405 g/mol. The number of ether oxygens (including phenoxy) is 1. The second-order valence-corrected chi connectivity index (χ2v) is 7.13. The Kier molecular flexibility index (Phi) is 5.63. The molecule has 0 unspecified atom stereocenters. The second kappa shape index (κ2) is 8.51. The molecule has 1 aliphatic rings. The van der Waals surface area contributed by atoms with E-state index in [1.54, 1.807) is 18.2 Å². The number of hydrazine groups is 1. The van der Waals surface area contributed by atoms with Crippen LogP contribution < -0.4 is 10.7 Å². The zero-order chi connectivity index (χ0) is 21.1. The van der Waals surface area contributed by atoms with E-state index in [1.807, 2.05) is 18.2 Å². The third kappa shape index (κ3) is 3.84. The number of nitrogens with one attached hydrogen (secondary N) is 3. The van der Waals surface area contributed by atoms with Crippen molar-refractivity contribution in [3.63, 3.8) is 0 Å². The molecule has 1 aliphatic heterocycles. The van der Waals surface area contributed by atoms with Gasteiger partial charge >= 0.3 is 5.97 Å². The van der Waals surface area contributed by atoms with Crippen molar-refractivity contribution in [1.82, 2.24) is 20.7 Å². The summed E-state index contributed by atoms with van der Waals surface area (Å²) in [5.41, 5.74) is 5.70. The number of nitriles is 1. The maximum absolute atomic E-state index is 12.5. The van der Waals surface area contributed by atoms with Crippen molar-refractivity contribution in [2.75, 3.05) is 25.6 Å². The number of fused-ring (bicyclic) bond motifs is 1. The van der Waals surface area contributed by atoms with Crippen molar-refractivity contribution in [3.8, 4) is 17.2 Å². The minimum atomic E-state index is -0.476. The molecule has 0 radical (unpaired) electrons. The Bertz CT molecular complexity index is 1110. The van der Waals surface area contributed by atoms with Gasteiger partial charge in [-0.25, -0.2) is 4.79 Å². The van der Waals surface area contributed by atoms with E-state index >= 15 is 0 Å². The summed E-state index contributed by atoms with van der Waals surface area (Å²) in [5.74, 6) is -0.0642. The first-order valence-electron chi connectivity index (χ1n) is 9.65. The number of rotatable bonds is 5. The number of hydrogen-bond donors (Lipinski definition) is 3. The smallest absolute Gasteiger partial charge is 0.337 e. The molecular weight excluding hydrogens is 384 g/mol. The third-order valence-corrected chi connectivity index (χ3v) is 5.25. The van der Waals surface area contributed by atoms with Crippen molar-refractivity contribution in [3.05, 3.63) is 52.7 Å². The summed E-state index contributed by atoms with van der Waals surface area (Å²) >= 11 is 0. The van der Waals surface area contributed by atoms with Crippen molar-refractivity contribution in [2.45, 2.75) is 18.9 Å². The number of benzene rings is 2. The lowest BCUT2D eigenvalue weighted by Crippen LogP contribution is -2.45. The lowest BCUT2D eigenvalue weighted by Gasteiger charge is -2.39. The van der Waals surface area contributed by atoms with Gasteiger partial charge in [-0.2, -0.15) is 10.4 Å². The van der Waals surface area contributed by atoms with Gasteiger partial charge in [0.25, 0.3) is 0 Å². The molecule has 1 aromatic heterocycles. The normalized spacial score (nSPS) is 16.4. The molecule has 2 heterocycles. The molecule has 4 rings (SSSR count). The van der Waals surface area contributed by atoms with Gasteiger partial charge in [-0.05, 0) is 55.3 Å². The van der Waals surface area contributed by atoms with E-state index in [9.17, 15) is 15.3 Å².